The summed E-state index contributed by atoms with van der Waals surface area (Å²) >= 11 is 12.3. The van der Waals surface area contributed by atoms with E-state index < -0.39 is 0 Å². The van der Waals surface area contributed by atoms with Crippen molar-refractivity contribution in [2.45, 2.75) is 32.4 Å². The molecule has 1 aromatic heterocycles. The Morgan fingerprint density at radius 2 is 1.89 bits per heavy atom. The zero-order chi connectivity index (χ0) is 18.8. The van der Waals surface area contributed by atoms with E-state index in [1.165, 1.54) is 5.39 Å². The van der Waals surface area contributed by atoms with Crippen LogP contribution in [0.5, 0.6) is 5.75 Å². The molecule has 1 aliphatic heterocycles. The van der Waals surface area contributed by atoms with E-state index >= 15 is 0 Å². The standard InChI is InChI=1S/C22H22Cl2N2O/c1-15-10-18-13-25-7-4-16(18)11-22(15)27-20-5-8-26(9-6-20)14-17-2-3-19(23)12-21(17)24/h2-4,7,10-13,20H,5-6,8-9,14H2,1H3. The lowest BCUT2D eigenvalue weighted by Crippen LogP contribution is -2.37. The van der Waals surface area contributed by atoms with Crippen LogP contribution in [0.2, 0.25) is 10.0 Å². The maximum Gasteiger partial charge on any atom is 0.123 e. The second kappa shape index (κ2) is 8.05. The van der Waals surface area contributed by atoms with Crippen molar-refractivity contribution in [1.29, 1.82) is 0 Å². The second-order valence-electron chi connectivity index (χ2n) is 7.17. The van der Waals surface area contributed by atoms with E-state index in [1.807, 2.05) is 36.7 Å². The Labute approximate surface area is 169 Å². The van der Waals surface area contributed by atoms with Gasteiger partial charge in [-0.1, -0.05) is 29.3 Å². The van der Waals surface area contributed by atoms with Crippen molar-refractivity contribution in [3.8, 4) is 5.75 Å². The number of rotatable bonds is 4. The van der Waals surface area contributed by atoms with E-state index in [2.05, 4.69) is 28.9 Å². The van der Waals surface area contributed by atoms with Crippen molar-refractivity contribution in [2.24, 2.45) is 0 Å². The molecular formula is C22H22Cl2N2O. The fourth-order valence-corrected chi connectivity index (χ4v) is 4.08. The van der Waals surface area contributed by atoms with Crippen molar-refractivity contribution in [2.75, 3.05) is 13.1 Å². The summed E-state index contributed by atoms with van der Waals surface area (Å²) < 4.78 is 6.34. The van der Waals surface area contributed by atoms with Gasteiger partial charge in [0.15, 0.2) is 0 Å². The van der Waals surface area contributed by atoms with E-state index in [0.717, 1.165) is 59.8 Å². The third kappa shape index (κ3) is 4.37. The Morgan fingerprint density at radius 3 is 2.67 bits per heavy atom. The lowest BCUT2D eigenvalue weighted by atomic mass is 10.1. The Kier molecular flexibility index (Phi) is 5.53. The highest BCUT2D eigenvalue weighted by atomic mass is 35.5. The Balaban J connectivity index is 1.37. The van der Waals surface area contributed by atoms with Gasteiger partial charge >= 0.3 is 0 Å². The first-order valence-electron chi connectivity index (χ1n) is 9.26. The van der Waals surface area contributed by atoms with Crippen molar-refractivity contribution >= 4 is 34.0 Å². The molecule has 2 heterocycles. The van der Waals surface area contributed by atoms with Gasteiger partial charge in [0.2, 0.25) is 0 Å². The van der Waals surface area contributed by atoms with E-state index in [-0.39, 0.29) is 6.10 Å². The van der Waals surface area contributed by atoms with Crippen molar-refractivity contribution in [3.63, 3.8) is 0 Å². The summed E-state index contributed by atoms with van der Waals surface area (Å²) in [7, 11) is 0. The van der Waals surface area contributed by atoms with E-state index in [4.69, 9.17) is 27.9 Å². The van der Waals surface area contributed by atoms with Gasteiger partial charge in [0.05, 0.1) is 0 Å². The maximum atomic E-state index is 6.34. The van der Waals surface area contributed by atoms with E-state index in [1.54, 1.807) is 0 Å². The number of likely N-dealkylation sites (tertiary alicyclic amines) is 1. The third-order valence-corrected chi connectivity index (χ3v) is 5.76. The van der Waals surface area contributed by atoms with Gasteiger partial charge in [0.1, 0.15) is 11.9 Å². The average molecular weight is 401 g/mol. The summed E-state index contributed by atoms with van der Waals surface area (Å²) in [6.45, 7) is 4.95. The largest absolute Gasteiger partial charge is 0.490 e. The minimum Gasteiger partial charge on any atom is -0.490 e. The normalized spacial score (nSPS) is 16.0. The molecule has 0 aliphatic carbocycles. The Bertz CT molecular complexity index is 952. The monoisotopic (exact) mass is 400 g/mol. The van der Waals surface area contributed by atoms with Gasteiger partial charge in [0.25, 0.3) is 0 Å². The topological polar surface area (TPSA) is 25.4 Å². The average Bonchev–Trinajstić information content (AvgIpc) is 2.66. The first-order chi connectivity index (χ1) is 13.1. The lowest BCUT2D eigenvalue weighted by Gasteiger charge is -2.32. The molecule has 0 bridgehead atoms. The fourth-order valence-electron chi connectivity index (χ4n) is 3.61. The molecule has 0 N–H and O–H groups in total. The van der Waals surface area contributed by atoms with Crippen LogP contribution < -0.4 is 4.74 Å². The summed E-state index contributed by atoms with van der Waals surface area (Å²) in [6, 6.07) is 12.0. The molecule has 2 aromatic carbocycles. The number of pyridine rings is 1. The Hall–Kier alpha value is -1.81. The highest BCUT2D eigenvalue weighted by molar-refractivity contribution is 6.35. The first-order valence-corrected chi connectivity index (χ1v) is 10.0. The predicted molar refractivity (Wildman–Crippen MR) is 112 cm³/mol. The van der Waals surface area contributed by atoms with Crippen molar-refractivity contribution in [3.05, 3.63) is 70.0 Å². The quantitative estimate of drug-likeness (QED) is 0.545. The van der Waals surface area contributed by atoms with Gasteiger partial charge < -0.3 is 4.74 Å². The zero-order valence-electron chi connectivity index (χ0n) is 15.3. The van der Waals surface area contributed by atoms with Crippen molar-refractivity contribution in [1.82, 2.24) is 9.88 Å². The molecule has 1 saturated heterocycles. The summed E-state index contributed by atoms with van der Waals surface area (Å²) in [5.74, 6) is 0.980. The van der Waals surface area contributed by atoms with Crippen LogP contribution in [-0.2, 0) is 6.54 Å². The van der Waals surface area contributed by atoms with E-state index in [9.17, 15) is 0 Å². The van der Waals surface area contributed by atoms with Gasteiger partial charge in [-0.25, -0.2) is 0 Å². The summed E-state index contributed by atoms with van der Waals surface area (Å²) in [5.41, 5.74) is 2.28. The number of nitrogens with zero attached hydrogens (tertiary/aromatic N) is 2. The van der Waals surface area contributed by atoms with Gasteiger partial charge in [-0.3, -0.25) is 9.88 Å². The maximum absolute atomic E-state index is 6.34. The number of hydrogen-bond acceptors (Lipinski definition) is 3. The highest BCUT2D eigenvalue weighted by Crippen LogP contribution is 2.28. The number of aromatic nitrogens is 1. The molecule has 3 aromatic rings. The minimum atomic E-state index is 0.250. The van der Waals surface area contributed by atoms with Gasteiger partial charge in [-0.2, -0.15) is 0 Å². The number of hydrogen-bond donors (Lipinski definition) is 0. The summed E-state index contributed by atoms with van der Waals surface area (Å²) in [6.07, 6.45) is 5.99. The molecular weight excluding hydrogens is 379 g/mol. The van der Waals surface area contributed by atoms with Crippen molar-refractivity contribution < 1.29 is 4.74 Å². The fraction of sp³-hybridized carbons (Fsp3) is 0.318. The number of fused-ring (bicyclic) bond motifs is 1. The van der Waals surface area contributed by atoms with Crippen LogP contribution >= 0.6 is 23.2 Å². The zero-order valence-corrected chi connectivity index (χ0v) is 16.8. The minimum absolute atomic E-state index is 0.250. The number of piperidine rings is 1. The molecule has 5 heteroatoms. The van der Waals surface area contributed by atoms with Crippen LogP contribution in [0.15, 0.2) is 48.8 Å². The highest BCUT2D eigenvalue weighted by Gasteiger charge is 2.22. The van der Waals surface area contributed by atoms with Crippen LogP contribution in [0.25, 0.3) is 10.8 Å². The molecule has 4 rings (SSSR count). The Morgan fingerprint density at radius 1 is 1.07 bits per heavy atom. The molecule has 140 valence electrons. The molecule has 0 amide bonds. The van der Waals surface area contributed by atoms with Crippen LogP contribution in [0.4, 0.5) is 0 Å². The van der Waals surface area contributed by atoms with E-state index in [0.29, 0.717) is 5.02 Å². The van der Waals surface area contributed by atoms with Crippen LogP contribution in [0.3, 0.4) is 0 Å². The third-order valence-electron chi connectivity index (χ3n) is 5.17. The van der Waals surface area contributed by atoms with Crippen LogP contribution in [-0.4, -0.2) is 29.1 Å². The molecule has 0 spiro atoms. The molecule has 0 radical (unpaired) electrons. The van der Waals surface area contributed by atoms with Crippen LogP contribution in [0, 0.1) is 6.92 Å². The molecule has 3 nitrogen and oxygen atoms in total. The predicted octanol–water partition coefficient (Wildman–Crippen LogP) is 5.89. The molecule has 27 heavy (non-hydrogen) atoms. The number of benzene rings is 2. The number of halogens is 2. The SMILES string of the molecule is Cc1cc2cnccc2cc1OC1CCN(Cc2ccc(Cl)cc2Cl)CC1. The van der Waals surface area contributed by atoms with Gasteiger partial charge in [-0.15, -0.1) is 0 Å². The van der Waals surface area contributed by atoms with Crippen LogP contribution in [0.1, 0.15) is 24.0 Å². The molecule has 0 unspecified atom stereocenters. The van der Waals surface area contributed by atoms with Gasteiger partial charge in [-0.05, 0) is 66.6 Å². The summed E-state index contributed by atoms with van der Waals surface area (Å²) in [5, 5.41) is 3.73. The lowest BCUT2D eigenvalue weighted by molar-refractivity contribution is 0.0964. The number of ether oxygens (including phenoxy) is 1. The molecule has 0 atom stereocenters. The second-order valence-corrected chi connectivity index (χ2v) is 8.01. The molecule has 1 fully saturated rings. The summed E-state index contributed by atoms with van der Waals surface area (Å²) in [4.78, 5) is 6.61. The van der Waals surface area contributed by atoms with Gasteiger partial charge in [0, 0.05) is 47.5 Å². The smallest absolute Gasteiger partial charge is 0.123 e. The number of aryl methyl sites for hydroxylation is 1. The molecule has 1 aliphatic rings. The molecule has 0 saturated carbocycles. The first kappa shape index (κ1) is 18.5.